The van der Waals surface area contributed by atoms with Crippen LogP contribution in [-0.4, -0.2) is 16.0 Å². The summed E-state index contributed by atoms with van der Waals surface area (Å²) in [6.45, 7) is 5.53. The Hall–Kier alpha value is -2.96. The van der Waals surface area contributed by atoms with Crippen molar-refractivity contribution in [1.82, 2.24) is 0 Å². The van der Waals surface area contributed by atoms with Gasteiger partial charge in [0.2, 0.25) is 0 Å². The highest BCUT2D eigenvalue weighted by Gasteiger charge is 2.34. The van der Waals surface area contributed by atoms with Crippen LogP contribution in [0.5, 0.6) is 0 Å². The second kappa shape index (κ2) is 8.05. The standard InChI is InChI=1S/C24H19NO3S2/c1-14-4-10-20(15(2)12-14)25-23(27)22(30-24(25)29)13-19-9-11-21(28-19)18-7-5-17(6-8-18)16(3)26/h4-13H,1-3H3/b22-13-. The fourth-order valence-electron chi connectivity index (χ4n) is 3.32. The molecule has 1 aromatic heterocycles. The van der Waals surface area contributed by atoms with E-state index in [1.54, 1.807) is 23.1 Å². The molecule has 150 valence electrons. The number of rotatable bonds is 4. The molecule has 0 radical (unpaired) electrons. The molecule has 1 aliphatic rings. The van der Waals surface area contributed by atoms with E-state index in [0.717, 1.165) is 22.4 Å². The van der Waals surface area contributed by atoms with Gasteiger partial charge >= 0.3 is 0 Å². The van der Waals surface area contributed by atoms with Crippen molar-refractivity contribution in [3.63, 3.8) is 0 Å². The summed E-state index contributed by atoms with van der Waals surface area (Å²) < 4.78 is 6.41. The van der Waals surface area contributed by atoms with E-state index in [2.05, 4.69) is 0 Å². The molecule has 3 aromatic rings. The van der Waals surface area contributed by atoms with Crippen molar-refractivity contribution >= 4 is 51.8 Å². The van der Waals surface area contributed by atoms with Crippen LogP contribution in [0.3, 0.4) is 0 Å². The smallest absolute Gasteiger partial charge is 0.270 e. The number of amides is 1. The Morgan fingerprint density at radius 3 is 2.47 bits per heavy atom. The first-order chi connectivity index (χ1) is 14.3. The molecule has 4 rings (SSSR count). The van der Waals surface area contributed by atoms with Gasteiger partial charge in [0.1, 0.15) is 11.5 Å². The summed E-state index contributed by atoms with van der Waals surface area (Å²) in [6.07, 6.45) is 1.72. The van der Waals surface area contributed by atoms with E-state index in [4.69, 9.17) is 16.6 Å². The van der Waals surface area contributed by atoms with Crippen LogP contribution in [0.1, 0.15) is 34.2 Å². The number of aryl methyl sites for hydroxylation is 2. The first-order valence-corrected chi connectivity index (χ1v) is 10.6. The fourth-order valence-corrected chi connectivity index (χ4v) is 4.58. The third-order valence-electron chi connectivity index (χ3n) is 4.86. The lowest BCUT2D eigenvalue weighted by atomic mass is 10.1. The Morgan fingerprint density at radius 2 is 1.80 bits per heavy atom. The Bertz CT molecular complexity index is 1210. The van der Waals surface area contributed by atoms with E-state index < -0.39 is 0 Å². The van der Waals surface area contributed by atoms with Crippen LogP contribution in [0.25, 0.3) is 17.4 Å². The van der Waals surface area contributed by atoms with Crippen LogP contribution in [-0.2, 0) is 4.79 Å². The van der Waals surface area contributed by atoms with Gasteiger partial charge in [0.25, 0.3) is 5.91 Å². The number of ketones is 1. The first kappa shape index (κ1) is 20.3. The number of hydrogen-bond acceptors (Lipinski definition) is 5. The number of carbonyl (C=O) groups excluding carboxylic acids is 2. The molecule has 2 aromatic carbocycles. The van der Waals surface area contributed by atoms with Gasteiger partial charge in [0.15, 0.2) is 10.1 Å². The van der Waals surface area contributed by atoms with Crippen LogP contribution < -0.4 is 4.90 Å². The molecular formula is C24H19NO3S2. The predicted octanol–water partition coefficient (Wildman–Crippen LogP) is 6.17. The zero-order valence-corrected chi connectivity index (χ0v) is 18.4. The molecule has 0 saturated carbocycles. The van der Waals surface area contributed by atoms with E-state index in [0.29, 0.717) is 26.3 Å². The lowest BCUT2D eigenvalue weighted by Gasteiger charge is -2.17. The normalized spacial score (nSPS) is 15.3. The van der Waals surface area contributed by atoms with Gasteiger partial charge < -0.3 is 4.42 Å². The number of Topliss-reactive ketones (excluding diaryl/α,β-unsaturated/α-hetero) is 1. The van der Waals surface area contributed by atoms with Gasteiger partial charge in [-0.3, -0.25) is 14.5 Å². The van der Waals surface area contributed by atoms with Crippen molar-refractivity contribution in [2.24, 2.45) is 0 Å². The zero-order chi connectivity index (χ0) is 21.4. The molecule has 0 aliphatic carbocycles. The lowest BCUT2D eigenvalue weighted by Crippen LogP contribution is -2.28. The number of nitrogens with zero attached hydrogens (tertiary/aromatic N) is 1. The molecule has 0 unspecified atom stereocenters. The molecule has 6 heteroatoms. The number of carbonyl (C=O) groups is 2. The second-order valence-electron chi connectivity index (χ2n) is 7.14. The molecule has 0 bridgehead atoms. The zero-order valence-electron chi connectivity index (χ0n) is 16.8. The van der Waals surface area contributed by atoms with Crippen LogP contribution in [0.15, 0.2) is 63.9 Å². The van der Waals surface area contributed by atoms with Gasteiger partial charge in [-0.25, -0.2) is 0 Å². The van der Waals surface area contributed by atoms with Crippen LogP contribution in [0.4, 0.5) is 5.69 Å². The van der Waals surface area contributed by atoms with E-state index >= 15 is 0 Å². The maximum absolute atomic E-state index is 13.0. The highest BCUT2D eigenvalue weighted by molar-refractivity contribution is 8.27. The summed E-state index contributed by atoms with van der Waals surface area (Å²) in [5, 5.41) is 0. The van der Waals surface area contributed by atoms with Gasteiger partial charge in [-0.05, 0) is 44.5 Å². The molecule has 1 saturated heterocycles. The highest BCUT2D eigenvalue weighted by Crippen LogP contribution is 2.38. The van der Waals surface area contributed by atoms with Crippen molar-refractivity contribution in [3.8, 4) is 11.3 Å². The Balaban J connectivity index is 1.59. The summed E-state index contributed by atoms with van der Waals surface area (Å²) in [5.74, 6) is 1.11. The maximum atomic E-state index is 13.0. The number of furan rings is 1. The minimum absolute atomic E-state index is 0.0209. The van der Waals surface area contributed by atoms with Crippen molar-refractivity contribution in [2.45, 2.75) is 20.8 Å². The van der Waals surface area contributed by atoms with Crippen LogP contribution in [0.2, 0.25) is 0 Å². The number of thiocarbonyl (C=S) groups is 1. The molecule has 0 spiro atoms. The average Bonchev–Trinajstić information content (AvgIpc) is 3.28. The lowest BCUT2D eigenvalue weighted by molar-refractivity contribution is -0.113. The van der Waals surface area contributed by atoms with Crippen molar-refractivity contribution in [1.29, 1.82) is 0 Å². The summed E-state index contributed by atoms with van der Waals surface area (Å²) in [4.78, 5) is 26.5. The van der Waals surface area contributed by atoms with E-state index in [1.807, 2.05) is 56.3 Å². The van der Waals surface area contributed by atoms with Crippen LogP contribution in [0, 0.1) is 13.8 Å². The second-order valence-corrected chi connectivity index (χ2v) is 8.82. The number of thioether (sulfide) groups is 1. The molecule has 1 amide bonds. The summed E-state index contributed by atoms with van der Waals surface area (Å²) in [5.41, 5.74) is 4.46. The maximum Gasteiger partial charge on any atom is 0.270 e. The van der Waals surface area contributed by atoms with Crippen molar-refractivity contribution < 1.29 is 14.0 Å². The van der Waals surface area contributed by atoms with Crippen LogP contribution >= 0.6 is 24.0 Å². The molecule has 4 nitrogen and oxygen atoms in total. The molecule has 1 aliphatic heterocycles. The topological polar surface area (TPSA) is 50.5 Å². The minimum atomic E-state index is -0.152. The Kier molecular flexibility index (Phi) is 5.45. The first-order valence-electron chi connectivity index (χ1n) is 9.40. The quantitative estimate of drug-likeness (QED) is 0.280. The third-order valence-corrected chi connectivity index (χ3v) is 6.17. The minimum Gasteiger partial charge on any atom is -0.457 e. The van der Waals surface area contributed by atoms with Gasteiger partial charge in [-0.15, -0.1) is 0 Å². The summed E-state index contributed by atoms with van der Waals surface area (Å²) in [7, 11) is 0. The number of hydrogen-bond donors (Lipinski definition) is 0. The Morgan fingerprint density at radius 1 is 1.07 bits per heavy atom. The van der Waals surface area contributed by atoms with E-state index in [1.165, 1.54) is 18.7 Å². The van der Waals surface area contributed by atoms with Crippen molar-refractivity contribution in [2.75, 3.05) is 4.90 Å². The predicted molar refractivity (Wildman–Crippen MR) is 126 cm³/mol. The van der Waals surface area contributed by atoms with Gasteiger partial charge in [0.05, 0.1) is 10.6 Å². The SMILES string of the molecule is CC(=O)c1ccc(-c2ccc(/C=C3\SC(=S)N(c4ccc(C)cc4C)C3=O)o2)cc1. The third kappa shape index (κ3) is 3.88. The number of benzene rings is 2. The number of anilines is 1. The van der Waals surface area contributed by atoms with E-state index in [9.17, 15) is 9.59 Å². The molecular weight excluding hydrogens is 414 g/mol. The molecule has 0 atom stereocenters. The monoisotopic (exact) mass is 433 g/mol. The molecule has 2 heterocycles. The highest BCUT2D eigenvalue weighted by atomic mass is 32.2. The molecule has 0 N–H and O–H groups in total. The van der Waals surface area contributed by atoms with E-state index in [-0.39, 0.29) is 11.7 Å². The van der Waals surface area contributed by atoms with Gasteiger partial charge in [-0.2, -0.15) is 0 Å². The largest absolute Gasteiger partial charge is 0.457 e. The van der Waals surface area contributed by atoms with Gasteiger partial charge in [-0.1, -0.05) is 65.9 Å². The summed E-state index contributed by atoms with van der Waals surface area (Å²) in [6, 6.07) is 16.8. The average molecular weight is 434 g/mol. The fraction of sp³-hybridized carbons (Fsp3) is 0.125. The van der Waals surface area contributed by atoms with Crippen molar-refractivity contribution in [3.05, 3.63) is 82.0 Å². The summed E-state index contributed by atoms with van der Waals surface area (Å²) >= 11 is 6.74. The van der Waals surface area contributed by atoms with Gasteiger partial charge in [0, 0.05) is 17.2 Å². The Labute approximate surface area is 184 Å². The molecule has 1 fully saturated rings. The molecule has 30 heavy (non-hydrogen) atoms.